The van der Waals surface area contributed by atoms with Crippen LogP contribution in [0, 0.1) is 12.7 Å². The molecule has 202 valence electrons. The smallest absolute Gasteiger partial charge is 0.319 e. The van der Waals surface area contributed by atoms with E-state index in [4.69, 9.17) is 4.98 Å². The number of halogens is 1. The number of hydrogen-bond donors (Lipinski definition) is 3. The fourth-order valence-electron chi connectivity index (χ4n) is 5.05. The van der Waals surface area contributed by atoms with Crippen molar-refractivity contribution in [3.8, 4) is 11.3 Å². The minimum absolute atomic E-state index is 0.357. The summed E-state index contributed by atoms with van der Waals surface area (Å²) in [5, 5.41) is 16.7. The van der Waals surface area contributed by atoms with Crippen molar-refractivity contribution in [2.45, 2.75) is 58.6 Å². The van der Waals surface area contributed by atoms with E-state index in [0.717, 1.165) is 28.0 Å². The summed E-state index contributed by atoms with van der Waals surface area (Å²) in [6.45, 7) is 13.1. The molecular weight excluding hydrogens is 493 g/mol. The Bertz CT molecular complexity index is 1460. The summed E-state index contributed by atoms with van der Waals surface area (Å²) < 4.78 is 14.2. The Kier molecular flexibility index (Phi) is 8.06. The molecule has 4 rings (SSSR count). The van der Waals surface area contributed by atoms with Crippen LogP contribution < -0.4 is 10.6 Å². The second-order valence-corrected chi connectivity index (χ2v) is 10.5. The van der Waals surface area contributed by atoms with Gasteiger partial charge in [-0.25, -0.2) is 24.2 Å². The van der Waals surface area contributed by atoms with E-state index >= 15 is 0 Å². The largest absolute Gasteiger partial charge is 0.391 e. The molecule has 3 aromatic rings. The third-order valence-corrected chi connectivity index (χ3v) is 7.02. The number of nitrogens with zero attached hydrogens (tertiary/aromatic N) is 3. The highest BCUT2D eigenvalue weighted by Gasteiger charge is 2.39. The Hall–Kier alpha value is -4.17. The van der Waals surface area contributed by atoms with Crippen LogP contribution in [0.2, 0.25) is 0 Å². The third-order valence-electron chi connectivity index (χ3n) is 7.02. The standard InChI is InChI=1S/C31H34FN5O2/c1-18-14-25(28(21-10-8-7-9-11-21)36-27(18)19(2)17-34-20(3)33-6)35-30(39)37-29-23-15-22(32)12-13-24(23)31(4,5)16-26(29)38/h7-15,17,26,29,38H,6,16H2,1-5H3,(H2,35,37,39)/b19-17+,34-20-/t26-,29?/m1/s1. The van der Waals surface area contributed by atoms with Gasteiger partial charge in [0.2, 0.25) is 0 Å². The number of benzene rings is 2. The molecule has 0 fully saturated rings. The van der Waals surface area contributed by atoms with Crippen LogP contribution in [0.5, 0.6) is 0 Å². The van der Waals surface area contributed by atoms with Crippen molar-refractivity contribution in [2.75, 3.05) is 5.32 Å². The van der Waals surface area contributed by atoms with Gasteiger partial charge in [-0.3, -0.25) is 0 Å². The molecule has 1 unspecified atom stereocenters. The first-order valence-corrected chi connectivity index (χ1v) is 12.8. The van der Waals surface area contributed by atoms with Crippen LogP contribution in [0.15, 0.2) is 70.8 Å². The van der Waals surface area contributed by atoms with Gasteiger partial charge in [-0.1, -0.05) is 50.2 Å². The molecule has 2 atom stereocenters. The summed E-state index contributed by atoms with van der Waals surface area (Å²) in [6, 6.07) is 14.6. The summed E-state index contributed by atoms with van der Waals surface area (Å²) >= 11 is 0. The van der Waals surface area contributed by atoms with E-state index in [1.807, 2.05) is 64.1 Å². The lowest BCUT2D eigenvalue weighted by molar-refractivity contribution is 0.0881. The molecule has 0 radical (unpaired) electrons. The molecule has 0 saturated carbocycles. The topological polar surface area (TPSA) is 99.0 Å². The Morgan fingerprint density at radius 2 is 1.90 bits per heavy atom. The van der Waals surface area contributed by atoms with Crippen LogP contribution in [0.1, 0.15) is 62.5 Å². The number of carbonyl (C=O) groups excluding carboxylic acids is 1. The first kappa shape index (κ1) is 27.9. The maximum Gasteiger partial charge on any atom is 0.319 e. The first-order valence-electron chi connectivity index (χ1n) is 12.8. The number of fused-ring (bicyclic) bond motifs is 1. The van der Waals surface area contributed by atoms with E-state index in [1.54, 1.807) is 19.2 Å². The average Bonchev–Trinajstić information content (AvgIpc) is 2.89. The predicted molar refractivity (Wildman–Crippen MR) is 156 cm³/mol. The normalized spacial score (nSPS) is 18.7. The maximum absolute atomic E-state index is 14.2. The zero-order valence-electron chi connectivity index (χ0n) is 22.9. The number of nitrogens with one attached hydrogen (secondary N) is 2. The van der Waals surface area contributed by atoms with Gasteiger partial charge in [-0.05, 0) is 79.8 Å². The highest BCUT2D eigenvalue weighted by atomic mass is 19.1. The molecule has 1 aliphatic rings. The number of aliphatic hydroxyl groups excluding tert-OH is 1. The lowest BCUT2D eigenvalue weighted by Gasteiger charge is -2.40. The molecule has 8 heteroatoms. The monoisotopic (exact) mass is 527 g/mol. The number of rotatable bonds is 5. The highest BCUT2D eigenvalue weighted by Crippen LogP contribution is 2.42. The number of pyridine rings is 1. The lowest BCUT2D eigenvalue weighted by atomic mass is 9.69. The lowest BCUT2D eigenvalue weighted by Crippen LogP contribution is -2.45. The summed E-state index contributed by atoms with van der Waals surface area (Å²) in [5.74, 6) is 0.124. The molecule has 1 heterocycles. The van der Waals surface area contributed by atoms with Crippen LogP contribution in [-0.2, 0) is 5.41 Å². The molecular formula is C31H34FN5O2. The molecule has 0 aliphatic heterocycles. The SMILES string of the molecule is C=N/C(C)=N\C=C(/C)c1nc(-c2ccccc2)c(NC(=O)NC2c3cc(F)ccc3C(C)(C)C[C@H]2O)cc1C. The Labute approximate surface area is 228 Å². The number of aromatic nitrogens is 1. The van der Waals surface area contributed by atoms with Gasteiger partial charge < -0.3 is 15.7 Å². The molecule has 2 aromatic carbocycles. The van der Waals surface area contributed by atoms with Crippen molar-refractivity contribution in [3.63, 3.8) is 0 Å². The summed E-state index contributed by atoms with van der Waals surface area (Å²) in [4.78, 5) is 26.3. The fraction of sp³-hybridized carbons (Fsp3) is 0.290. The number of aliphatic hydroxyl groups is 1. The van der Waals surface area contributed by atoms with Gasteiger partial charge in [-0.2, -0.15) is 0 Å². The van der Waals surface area contributed by atoms with Crippen LogP contribution >= 0.6 is 0 Å². The Morgan fingerprint density at radius 3 is 2.59 bits per heavy atom. The van der Waals surface area contributed by atoms with Crippen molar-refractivity contribution >= 4 is 29.8 Å². The van der Waals surface area contributed by atoms with Crippen LogP contribution in [0.4, 0.5) is 14.9 Å². The van der Waals surface area contributed by atoms with Crippen LogP contribution in [-0.4, -0.2) is 34.8 Å². The number of amidine groups is 1. The second-order valence-electron chi connectivity index (χ2n) is 10.5. The minimum atomic E-state index is -0.877. The van der Waals surface area contributed by atoms with Crippen molar-refractivity contribution in [3.05, 3.63) is 89.0 Å². The average molecular weight is 528 g/mol. The van der Waals surface area contributed by atoms with Gasteiger partial charge >= 0.3 is 6.03 Å². The van der Waals surface area contributed by atoms with Gasteiger partial charge in [0.15, 0.2) is 0 Å². The summed E-state index contributed by atoms with van der Waals surface area (Å²) in [7, 11) is 0. The zero-order valence-corrected chi connectivity index (χ0v) is 22.9. The van der Waals surface area contributed by atoms with Crippen molar-refractivity contribution in [2.24, 2.45) is 9.98 Å². The van der Waals surface area contributed by atoms with Gasteiger partial charge in [0, 0.05) is 11.8 Å². The van der Waals surface area contributed by atoms with E-state index < -0.39 is 24.0 Å². The minimum Gasteiger partial charge on any atom is -0.391 e. The molecule has 1 aliphatic carbocycles. The highest BCUT2D eigenvalue weighted by molar-refractivity contribution is 5.94. The number of amides is 2. The molecule has 0 spiro atoms. The molecule has 3 N–H and O–H groups in total. The van der Waals surface area contributed by atoms with Gasteiger partial charge in [0.05, 0.1) is 29.2 Å². The zero-order chi connectivity index (χ0) is 28.3. The summed E-state index contributed by atoms with van der Waals surface area (Å²) in [6.07, 6.45) is 1.24. The number of aryl methyl sites for hydroxylation is 1. The fourth-order valence-corrected chi connectivity index (χ4v) is 5.05. The Balaban J connectivity index is 1.69. The van der Waals surface area contributed by atoms with E-state index in [-0.39, 0.29) is 5.41 Å². The maximum atomic E-state index is 14.2. The molecule has 2 amide bonds. The van der Waals surface area contributed by atoms with E-state index in [1.165, 1.54) is 12.1 Å². The quantitative estimate of drug-likeness (QED) is 0.258. The van der Waals surface area contributed by atoms with Crippen molar-refractivity contribution in [1.29, 1.82) is 0 Å². The van der Waals surface area contributed by atoms with Crippen LogP contribution in [0.25, 0.3) is 16.8 Å². The number of urea groups is 1. The molecule has 1 aromatic heterocycles. The van der Waals surface area contributed by atoms with Gasteiger partial charge in [0.25, 0.3) is 0 Å². The number of aliphatic imine (C=N–C) groups is 2. The number of carbonyl (C=O) groups is 1. The number of allylic oxidation sites excluding steroid dienone is 1. The third kappa shape index (κ3) is 6.12. The van der Waals surface area contributed by atoms with Crippen LogP contribution in [0.3, 0.4) is 0 Å². The second kappa shape index (κ2) is 11.3. The molecule has 0 bridgehead atoms. The van der Waals surface area contributed by atoms with Gasteiger partial charge in [0.1, 0.15) is 11.7 Å². The number of hydrogen-bond acceptors (Lipinski definition) is 4. The van der Waals surface area contributed by atoms with E-state index in [0.29, 0.717) is 29.2 Å². The van der Waals surface area contributed by atoms with Gasteiger partial charge in [-0.15, -0.1) is 0 Å². The van der Waals surface area contributed by atoms with E-state index in [2.05, 4.69) is 27.3 Å². The van der Waals surface area contributed by atoms with Crippen molar-refractivity contribution < 1.29 is 14.3 Å². The predicted octanol–water partition coefficient (Wildman–Crippen LogP) is 6.58. The first-order chi connectivity index (χ1) is 18.5. The molecule has 7 nitrogen and oxygen atoms in total. The van der Waals surface area contributed by atoms with E-state index in [9.17, 15) is 14.3 Å². The number of anilines is 1. The summed E-state index contributed by atoms with van der Waals surface area (Å²) in [5.41, 5.74) is 5.43. The Morgan fingerprint density at radius 1 is 1.18 bits per heavy atom. The molecule has 39 heavy (non-hydrogen) atoms. The molecule has 0 saturated heterocycles. The van der Waals surface area contributed by atoms with Crippen molar-refractivity contribution in [1.82, 2.24) is 10.3 Å².